The summed E-state index contributed by atoms with van der Waals surface area (Å²) in [7, 11) is 0. The molecule has 0 aromatic heterocycles. The van der Waals surface area contributed by atoms with Crippen LogP contribution in [0.25, 0.3) is 0 Å². The van der Waals surface area contributed by atoms with Crippen LogP contribution in [-0.2, 0) is 11.2 Å². The molecule has 2 aromatic rings. The van der Waals surface area contributed by atoms with Crippen molar-refractivity contribution >= 4 is 34.7 Å². The van der Waals surface area contributed by atoms with Gasteiger partial charge in [-0.15, -0.1) is 11.6 Å². The first-order chi connectivity index (χ1) is 15.3. The number of likely N-dealkylation sites (tertiary alicyclic amines) is 1. The summed E-state index contributed by atoms with van der Waals surface area (Å²) in [5.74, 6) is 1.54. The molecule has 2 aromatic carbocycles. The van der Waals surface area contributed by atoms with E-state index in [2.05, 4.69) is 10.2 Å². The SMILES string of the molecule is CC(=O)CNc1ccc(O)cc1OCC(Cl)CN1CCC2(CC1)Cc1cc(Cl)ccc1O2. The lowest BCUT2D eigenvalue weighted by Crippen LogP contribution is -2.49. The van der Waals surface area contributed by atoms with Gasteiger partial charge in [0.25, 0.3) is 0 Å². The first kappa shape index (κ1) is 23.0. The number of fused-ring (bicyclic) bond motifs is 1. The van der Waals surface area contributed by atoms with Crippen molar-refractivity contribution in [1.82, 2.24) is 4.90 Å². The van der Waals surface area contributed by atoms with Gasteiger partial charge in [-0.3, -0.25) is 4.79 Å². The molecule has 2 aliphatic rings. The third kappa shape index (κ3) is 5.61. The molecule has 1 saturated heterocycles. The van der Waals surface area contributed by atoms with E-state index in [0.29, 0.717) is 24.6 Å². The maximum absolute atomic E-state index is 11.3. The van der Waals surface area contributed by atoms with Gasteiger partial charge in [-0.2, -0.15) is 0 Å². The number of halogens is 2. The number of carbonyl (C=O) groups is 1. The quantitative estimate of drug-likeness (QED) is 0.429. The molecule has 1 spiro atoms. The van der Waals surface area contributed by atoms with Crippen molar-refractivity contribution in [2.75, 3.05) is 38.1 Å². The fourth-order valence-electron chi connectivity index (χ4n) is 4.33. The zero-order valence-corrected chi connectivity index (χ0v) is 19.6. The van der Waals surface area contributed by atoms with Gasteiger partial charge in [-0.25, -0.2) is 0 Å². The summed E-state index contributed by atoms with van der Waals surface area (Å²) in [5, 5.41) is 13.3. The number of anilines is 1. The van der Waals surface area contributed by atoms with Crippen LogP contribution in [0, 0.1) is 0 Å². The van der Waals surface area contributed by atoms with Crippen molar-refractivity contribution < 1.29 is 19.4 Å². The molecule has 172 valence electrons. The van der Waals surface area contributed by atoms with Crippen LogP contribution in [0.2, 0.25) is 5.02 Å². The number of aromatic hydroxyl groups is 1. The summed E-state index contributed by atoms with van der Waals surface area (Å²) in [5.41, 5.74) is 1.70. The highest BCUT2D eigenvalue weighted by Gasteiger charge is 2.42. The minimum absolute atomic E-state index is 0.0135. The van der Waals surface area contributed by atoms with Gasteiger partial charge in [-0.05, 0) is 42.8 Å². The Kier molecular flexibility index (Phi) is 7.03. The van der Waals surface area contributed by atoms with E-state index in [1.54, 1.807) is 12.1 Å². The summed E-state index contributed by atoms with van der Waals surface area (Å²) < 4.78 is 12.2. The van der Waals surface area contributed by atoms with Crippen LogP contribution in [0.4, 0.5) is 5.69 Å². The molecule has 4 rings (SSSR count). The number of nitrogens with zero attached hydrogens (tertiary/aromatic N) is 1. The molecule has 2 N–H and O–H groups in total. The second kappa shape index (κ2) is 9.77. The number of nitrogens with one attached hydrogen (secondary N) is 1. The summed E-state index contributed by atoms with van der Waals surface area (Å²) >= 11 is 12.7. The number of carbonyl (C=O) groups excluding carboxylic acids is 1. The number of hydrogen-bond acceptors (Lipinski definition) is 6. The van der Waals surface area contributed by atoms with Crippen LogP contribution in [0.3, 0.4) is 0 Å². The molecule has 1 atom stereocenters. The monoisotopic (exact) mass is 478 g/mol. The average molecular weight is 479 g/mol. The Morgan fingerprint density at radius 2 is 2.06 bits per heavy atom. The molecule has 6 nitrogen and oxygen atoms in total. The van der Waals surface area contributed by atoms with Gasteiger partial charge in [0.15, 0.2) is 0 Å². The Morgan fingerprint density at radius 1 is 1.28 bits per heavy atom. The van der Waals surface area contributed by atoms with Crippen molar-refractivity contribution in [1.29, 1.82) is 0 Å². The summed E-state index contributed by atoms with van der Waals surface area (Å²) in [6.07, 6.45) is 2.78. The second-order valence-corrected chi connectivity index (χ2v) is 9.71. The zero-order valence-electron chi connectivity index (χ0n) is 18.1. The normalized spacial score (nSPS) is 18.1. The van der Waals surface area contributed by atoms with E-state index in [1.165, 1.54) is 18.6 Å². The van der Waals surface area contributed by atoms with Gasteiger partial charge in [0.1, 0.15) is 35.2 Å². The highest BCUT2D eigenvalue weighted by molar-refractivity contribution is 6.30. The number of piperidine rings is 1. The Labute approximate surface area is 198 Å². The van der Waals surface area contributed by atoms with Crippen molar-refractivity contribution in [3.8, 4) is 17.2 Å². The third-order valence-corrected chi connectivity index (χ3v) is 6.50. The standard InChI is InChI=1S/C24H28Cl2N2O4/c1-16(29)13-27-21-4-3-20(30)11-23(21)31-15-19(26)14-28-8-6-24(7-9-28)12-17-10-18(25)2-5-22(17)32-24/h2-5,10-11,19,27,30H,6-9,12-15H2,1H3. The topological polar surface area (TPSA) is 71.0 Å². The molecule has 1 fully saturated rings. The van der Waals surface area contributed by atoms with Crippen LogP contribution < -0.4 is 14.8 Å². The number of alkyl halides is 1. The van der Waals surface area contributed by atoms with Gasteiger partial charge in [0.05, 0.1) is 17.6 Å². The Balaban J connectivity index is 1.26. The minimum atomic E-state index is -0.215. The lowest BCUT2D eigenvalue weighted by atomic mass is 9.87. The molecule has 0 bridgehead atoms. The van der Waals surface area contributed by atoms with Gasteiger partial charge < -0.3 is 24.8 Å². The molecule has 0 radical (unpaired) electrons. The molecule has 8 heteroatoms. The van der Waals surface area contributed by atoms with E-state index in [0.717, 1.165) is 43.1 Å². The molecule has 2 aliphatic heterocycles. The first-order valence-corrected chi connectivity index (χ1v) is 11.7. The van der Waals surface area contributed by atoms with Crippen molar-refractivity contribution in [2.45, 2.75) is 37.2 Å². The number of benzene rings is 2. The van der Waals surface area contributed by atoms with Gasteiger partial charge in [0.2, 0.25) is 0 Å². The van der Waals surface area contributed by atoms with Crippen molar-refractivity contribution in [3.63, 3.8) is 0 Å². The molecule has 32 heavy (non-hydrogen) atoms. The van der Waals surface area contributed by atoms with Crippen molar-refractivity contribution in [3.05, 3.63) is 47.0 Å². The van der Waals surface area contributed by atoms with Crippen LogP contribution in [0.1, 0.15) is 25.3 Å². The fourth-order valence-corrected chi connectivity index (χ4v) is 4.79. The number of hydrogen-bond donors (Lipinski definition) is 2. The smallest absolute Gasteiger partial charge is 0.148 e. The molecule has 2 heterocycles. The van der Waals surface area contributed by atoms with Gasteiger partial charge in [0, 0.05) is 50.0 Å². The Hall–Kier alpha value is -2.15. The molecule has 0 aliphatic carbocycles. The van der Waals surface area contributed by atoms with E-state index in [4.69, 9.17) is 32.7 Å². The largest absolute Gasteiger partial charge is 0.508 e. The van der Waals surface area contributed by atoms with Crippen LogP contribution >= 0.6 is 23.2 Å². The lowest BCUT2D eigenvalue weighted by molar-refractivity contribution is -0.115. The first-order valence-electron chi connectivity index (χ1n) is 10.8. The highest BCUT2D eigenvalue weighted by atomic mass is 35.5. The molecular weight excluding hydrogens is 451 g/mol. The number of rotatable bonds is 8. The number of phenolic OH excluding ortho intramolecular Hbond substituents is 1. The maximum Gasteiger partial charge on any atom is 0.148 e. The van der Waals surface area contributed by atoms with E-state index in [1.807, 2.05) is 18.2 Å². The minimum Gasteiger partial charge on any atom is -0.508 e. The zero-order chi connectivity index (χ0) is 22.7. The molecule has 0 saturated carbocycles. The molecule has 1 unspecified atom stereocenters. The number of Topliss-reactive ketones (excluding diaryl/α,β-unsaturated/α-hetero) is 1. The van der Waals surface area contributed by atoms with Crippen LogP contribution in [0.5, 0.6) is 17.2 Å². The predicted octanol–water partition coefficient (Wildman–Crippen LogP) is 4.50. The summed E-state index contributed by atoms with van der Waals surface area (Å²) in [6.45, 7) is 4.51. The second-order valence-electron chi connectivity index (χ2n) is 8.66. The maximum atomic E-state index is 11.3. The van der Waals surface area contributed by atoms with E-state index < -0.39 is 0 Å². The highest BCUT2D eigenvalue weighted by Crippen LogP contribution is 2.42. The lowest BCUT2D eigenvalue weighted by Gasteiger charge is -2.39. The number of ketones is 1. The molecular formula is C24H28Cl2N2O4. The van der Waals surface area contributed by atoms with E-state index in [9.17, 15) is 9.90 Å². The van der Waals surface area contributed by atoms with Crippen LogP contribution in [-0.4, -0.2) is 59.6 Å². The number of phenols is 1. The summed E-state index contributed by atoms with van der Waals surface area (Å²) in [6, 6.07) is 10.6. The Bertz CT molecular complexity index is 976. The third-order valence-electron chi connectivity index (χ3n) is 6.00. The van der Waals surface area contributed by atoms with Crippen LogP contribution in [0.15, 0.2) is 36.4 Å². The van der Waals surface area contributed by atoms with E-state index >= 15 is 0 Å². The van der Waals surface area contributed by atoms with Crippen molar-refractivity contribution in [2.24, 2.45) is 0 Å². The molecule has 0 amide bonds. The Morgan fingerprint density at radius 3 is 2.81 bits per heavy atom. The van der Waals surface area contributed by atoms with E-state index in [-0.39, 0.29) is 29.1 Å². The average Bonchev–Trinajstić information content (AvgIpc) is 3.10. The van der Waals surface area contributed by atoms with Gasteiger partial charge >= 0.3 is 0 Å². The predicted molar refractivity (Wildman–Crippen MR) is 127 cm³/mol. The summed E-state index contributed by atoms with van der Waals surface area (Å²) in [4.78, 5) is 13.6. The van der Waals surface area contributed by atoms with Gasteiger partial charge in [-0.1, -0.05) is 11.6 Å². The number of ether oxygens (including phenoxy) is 2. The fraction of sp³-hybridized carbons (Fsp3) is 0.458.